The van der Waals surface area contributed by atoms with E-state index >= 15 is 0 Å². The first kappa shape index (κ1) is 18.1. The Morgan fingerprint density at radius 3 is 2.82 bits per heavy atom. The molecule has 0 fully saturated rings. The Bertz CT molecular complexity index is 1270. The van der Waals surface area contributed by atoms with E-state index in [2.05, 4.69) is 16.2 Å². The van der Waals surface area contributed by atoms with E-state index in [-0.39, 0.29) is 5.69 Å². The molecular weight excluding hydrogens is 398 g/mol. The first-order valence-corrected chi connectivity index (χ1v) is 9.28. The zero-order valence-corrected chi connectivity index (χ0v) is 16.1. The summed E-state index contributed by atoms with van der Waals surface area (Å²) in [5, 5.41) is 25.1. The van der Waals surface area contributed by atoms with Crippen molar-refractivity contribution >= 4 is 40.2 Å². The molecule has 4 aromatic rings. The van der Waals surface area contributed by atoms with Gasteiger partial charge in [0.2, 0.25) is 0 Å². The van der Waals surface area contributed by atoms with Crippen LogP contribution in [0, 0.1) is 11.3 Å². The summed E-state index contributed by atoms with van der Waals surface area (Å²) < 4.78 is 3.44. The Balaban J connectivity index is 1.95. The van der Waals surface area contributed by atoms with Gasteiger partial charge in [0.05, 0.1) is 22.3 Å². The van der Waals surface area contributed by atoms with E-state index < -0.39 is 5.97 Å². The van der Waals surface area contributed by atoms with Gasteiger partial charge in [-0.2, -0.15) is 10.4 Å². The van der Waals surface area contributed by atoms with Crippen LogP contribution in [0.5, 0.6) is 0 Å². The number of rotatable bonds is 4. The van der Waals surface area contributed by atoms with Gasteiger partial charge in [0.1, 0.15) is 22.5 Å². The fourth-order valence-electron chi connectivity index (χ4n) is 2.92. The van der Waals surface area contributed by atoms with Gasteiger partial charge in [0.15, 0.2) is 0 Å². The van der Waals surface area contributed by atoms with Gasteiger partial charge in [-0.3, -0.25) is 9.25 Å². The van der Waals surface area contributed by atoms with Crippen LogP contribution in [0.2, 0.25) is 5.02 Å². The van der Waals surface area contributed by atoms with Gasteiger partial charge in [-0.25, -0.2) is 9.78 Å². The normalized spacial score (nSPS) is 10.9. The first-order chi connectivity index (χ1) is 13.5. The van der Waals surface area contributed by atoms with E-state index in [9.17, 15) is 15.2 Å². The van der Waals surface area contributed by atoms with Gasteiger partial charge in [0, 0.05) is 23.7 Å². The second kappa shape index (κ2) is 7.03. The maximum absolute atomic E-state index is 11.2. The Kier molecular flexibility index (Phi) is 4.55. The molecule has 0 saturated carbocycles. The average Bonchev–Trinajstić information content (AvgIpc) is 3.22. The summed E-state index contributed by atoms with van der Waals surface area (Å²) in [6.07, 6.45) is 3.47. The van der Waals surface area contributed by atoms with E-state index in [0.717, 1.165) is 16.6 Å². The van der Waals surface area contributed by atoms with Crippen LogP contribution in [0.3, 0.4) is 0 Å². The fraction of sp³-hybridized carbons (Fsp3) is 0.0526. The van der Waals surface area contributed by atoms with Crippen molar-refractivity contribution in [3.8, 4) is 11.8 Å². The molecule has 0 bridgehead atoms. The lowest BCUT2D eigenvalue weighted by molar-refractivity contribution is 0.0689. The average molecular weight is 410 g/mol. The van der Waals surface area contributed by atoms with E-state index in [1.165, 1.54) is 17.8 Å². The number of carbonyl (C=O) groups is 1. The third kappa shape index (κ3) is 3.11. The lowest BCUT2D eigenvalue weighted by Gasteiger charge is -2.04. The summed E-state index contributed by atoms with van der Waals surface area (Å²) in [6.45, 7) is 0. The number of benzene rings is 1. The topological polar surface area (TPSA) is 96.7 Å². The van der Waals surface area contributed by atoms with Crippen LogP contribution in [-0.2, 0) is 7.05 Å². The molecule has 1 aromatic carbocycles. The zero-order chi connectivity index (χ0) is 19.8. The number of nitrogens with zero attached hydrogens (tertiary/aromatic N) is 5. The summed E-state index contributed by atoms with van der Waals surface area (Å²) in [5.41, 5.74) is 1.83. The highest BCUT2D eigenvalue weighted by molar-refractivity contribution is 7.99. The summed E-state index contributed by atoms with van der Waals surface area (Å²) in [4.78, 5) is 16.0. The second-order valence-electron chi connectivity index (χ2n) is 5.93. The molecule has 0 aliphatic carbocycles. The number of nitriles is 1. The van der Waals surface area contributed by atoms with Crippen LogP contribution in [0.15, 0.2) is 58.7 Å². The molecule has 138 valence electrons. The highest BCUT2D eigenvalue weighted by atomic mass is 35.5. The van der Waals surface area contributed by atoms with Crippen LogP contribution >= 0.6 is 23.4 Å². The Hall–Kier alpha value is -3.28. The number of carboxylic acids is 1. The number of hydrogen-bond acceptors (Lipinski definition) is 5. The number of aromatic carboxylic acids is 1. The van der Waals surface area contributed by atoms with E-state index in [1.54, 1.807) is 53.0 Å². The molecular formula is C19H12ClN5O2S. The van der Waals surface area contributed by atoms with Gasteiger partial charge in [-0.05, 0) is 24.3 Å². The third-order valence-electron chi connectivity index (χ3n) is 4.09. The van der Waals surface area contributed by atoms with Crippen molar-refractivity contribution in [1.82, 2.24) is 19.3 Å². The molecule has 0 radical (unpaired) electrons. The highest BCUT2D eigenvalue weighted by Gasteiger charge is 2.21. The third-order valence-corrected chi connectivity index (χ3v) is 5.38. The van der Waals surface area contributed by atoms with Gasteiger partial charge >= 0.3 is 5.97 Å². The number of pyridine rings is 1. The molecule has 9 heteroatoms. The number of halogens is 1. The summed E-state index contributed by atoms with van der Waals surface area (Å²) in [7, 11) is 1.80. The number of aromatic nitrogens is 4. The van der Waals surface area contributed by atoms with Crippen molar-refractivity contribution in [1.29, 1.82) is 5.26 Å². The van der Waals surface area contributed by atoms with E-state index in [4.69, 9.17) is 11.6 Å². The summed E-state index contributed by atoms with van der Waals surface area (Å²) in [6, 6.07) is 12.4. The zero-order valence-electron chi connectivity index (χ0n) is 14.5. The molecule has 0 amide bonds. The van der Waals surface area contributed by atoms with E-state index in [0.29, 0.717) is 20.6 Å². The molecule has 0 aliphatic heterocycles. The number of fused-ring (bicyclic) bond motifs is 1. The molecule has 0 atom stereocenters. The molecule has 0 spiro atoms. The highest BCUT2D eigenvalue weighted by Crippen LogP contribution is 2.40. The quantitative estimate of drug-likeness (QED) is 0.544. The minimum atomic E-state index is -1.10. The van der Waals surface area contributed by atoms with Crippen molar-refractivity contribution in [2.75, 3.05) is 0 Å². The second-order valence-corrected chi connectivity index (χ2v) is 7.39. The largest absolute Gasteiger partial charge is 0.477 e. The Morgan fingerprint density at radius 1 is 1.32 bits per heavy atom. The standard InChI is InChI=1S/C19H12ClN5O2S/c1-24-10-12(9-22-24)25-15-7-11(20)5-6-13(15)18(16(25)8-21)28-17-4-2-3-14(23-17)19(26)27/h2-7,9-10H,1H3,(H,26,27). The van der Waals surface area contributed by atoms with Crippen LogP contribution < -0.4 is 0 Å². The SMILES string of the molecule is Cn1cc(-n2c(C#N)c(Sc3cccc(C(=O)O)n3)c3ccc(Cl)cc32)cn1. The minimum Gasteiger partial charge on any atom is -0.477 e. The molecule has 1 N–H and O–H groups in total. The van der Waals surface area contributed by atoms with Crippen molar-refractivity contribution in [3.63, 3.8) is 0 Å². The molecule has 7 nitrogen and oxygen atoms in total. The van der Waals surface area contributed by atoms with Gasteiger partial charge < -0.3 is 5.11 Å². The van der Waals surface area contributed by atoms with Crippen molar-refractivity contribution in [2.45, 2.75) is 9.92 Å². The predicted octanol–water partition coefficient (Wildman–Crippen LogP) is 4.13. The monoisotopic (exact) mass is 409 g/mol. The maximum Gasteiger partial charge on any atom is 0.354 e. The molecule has 28 heavy (non-hydrogen) atoms. The fourth-order valence-corrected chi connectivity index (χ4v) is 4.11. The first-order valence-electron chi connectivity index (χ1n) is 8.09. The lowest BCUT2D eigenvalue weighted by Crippen LogP contribution is -2.00. The Morgan fingerprint density at radius 2 is 2.14 bits per heavy atom. The summed E-state index contributed by atoms with van der Waals surface area (Å²) >= 11 is 7.44. The molecule has 3 heterocycles. The predicted molar refractivity (Wildman–Crippen MR) is 105 cm³/mol. The number of aryl methyl sites for hydroxylation is 1. The molecule has 4 rings (SSSR count). The molecule has 0 saturated heterocycles. The van der Waals surface area contributed by atoms with Gasteiger partial charge in [-0.15, -0.1) is 0 Å². The van der Waals surface area contributed by atoms with Crippen LogP contribution in [0.25, 0.3) is 16.6 Å². The number of hydrogen-bond donors (Lipinski definition) is 1. The molecule has 0 unspecified atom stereocenters. The van der Waals surface area contributed by atoms with Gasteiger partial charge in [-0.1, -0.05) is 35.5 Å². The smallest absolute Gasteiger partial charge is 0.354 e. The van der Waals surface area contributed by atoms with Crippen molar-refractivity contribution in [2.24, 2.45) is 7.05 Å². The molecule has 3 aromatic heterocycles. The minimum absolute atomic E-state index is 0.0532. The summed E-state index contributed by atoms with van der Waals surface area (Å²) in [5.74, 6) is -1.10. The van der Waals surface area contributed by atoms with Crippen LogP contribution in [0.1, 0.15) is 16.2 Å². The maximum atomic E-state index is 11.2. The van der Waals surface area contributed by atoms with Gasteiger partial charge in [0.25, 0.3) is 0 Å². The Labute approximate surface area is 168 Å². The lowest BCUT2D eigenvalue weighted by atomic mass is 10.2. The molecule has 0 aliphatic rings. The van der Waals surface area contributed by atoms with Crippen molar-refractivity contribution < 1.29 is 9.90 Å². The van der Waals surface area contributed by atoms with Crippen molar-refractivity contribution in [3.05, 3.63) is 65.2 Å². The number of carboxylic acid groups (broad SMARTS) is 1. The van der Waals surface area contributed by atoms with Crippen LogP contribution in [0.4, 0.5) is 0 Å². The van der Waals surface area contributed by atoms with E-state index in [1.807, 2.05) is 6.07 Å². The van der Waals surface area contributed by atoms with Crippen LogP contribution in [-0.4, -0.2) is 30.4 Å².